The van der Waals surface area contributed by atoms with Crippen LogP contribution in [-0.2, 0) is 0 Å². The van der Waals surface area contributed by atoms with Crippen molar-refractivity contribution in [2.45, 2.75) is 39.2 Å². The van der Waals surface area contributed by atoms with Gasteiger partial charge in [-0.25, -0.2) is 0 Å². The minimum atomic E-state index is 0.0460. The standard InChI is InChI=1S/C13H19NO2S/c1-9-8-12(10(2)17-9)13(16)14(6-7-15)11-4-3-5-11/h8,11,15H,3-7H2,1-2H3. The van der Waals surface area contributed by atoms with Crippen LogP contribution in [0.25, 0.3) is 0 Å². The van der Waals surface area contributed by atoms with Crippen molar-refractivity contribution in [3.05, 3.63) is 21.4 Å². The van der Waals surface area contributed by atoms with E-state index in [1.54, 1.807) is 11.3 Å². The van der Waals surface area contributed by atoms with Crippen LogP contribution >= 0.6 is 11.3 Å². The summed E-state index contributed by atoms with van der Waals surface area (Å²) in [4.78, 5) is 16.5. The summed E-state index contributed by atoms with van der Waals surface area (Å²) in [7, 11) is 0. The Hall–Kier alpha value is -0.870. The molecule has 17 heavy (non-hydrogen) atoms. The van der Waals surface area contributed by atoms with Gasteiger partial charge in [-0.1, -0.05) is 0 Å². The van der Waals surface area contributed by atoms with Crippen molar-refractivity contribution in [3.63, 3.8) is 0 Å². The lowest BCUT2D eigenvalue weighted by Gasteiger charge is -2.37. The van der Waals surface area contributed by atoms with Gasteiger partial charge in [-0.3, -0.25) is 4.79 Å². The minimum Gasteiger partial charge on any atom is -0.395 e. The van der Waals surface area contributed by atoms with E-state index in [9.17, 15) is 4.79 Å². The van der Waals surface area contributed by atoms with E-state index in [0.717, 1.165) is 23.3 Å². The van der Waals surface area contributed by atoms with Gasteiger partial charge < -0.3 is 10.0 Å². The molecule has 1 heterocycles. The Morgan fingerprint density at radius 3 is 2.65 bits per heavy atom. The van der Waals surface area contributed by atoms with Gasteiger partial charge >= 0.3 is 0 Å². The largest absolute Gasteiger partial charge is 0.395 e. The number of carbonyl (C=O) groups excluding carboxylic acids is 1. The van der Waals surface area contributed by atoms with Gasteiger partial charge in [0.25, 0.3) is 5.91 Å². The van der Waals surface area contributed by atoms with Gasteiger partial charge in [0.05, 0.1) is 12.2 Å². The first kappa shape index (κ1) is 12.6. The van der Waals surface area contributed by atoms with Crippen molar-refractivity contribution in [2.24, 2.45) is 0 Å². The average molecular weight is 253 g/mol. The molecule has 4 heteroatoms. The molecule has 0 atom stereocenters. The number of carbonyl (C=O) groups is 1. The highest BCUT2D eigenvalue weighted by molar-refractivity contribution is 7.12. The lowest BCUT2D eigenvalue weighted by molar-refractivity contribution is 0.0525. The van der Waals surface area contributed by atoms with E-state index in [0.29, 0.717) is 12.6 Å². The molecule has 1 aliphatic rings. The molecule has 0 radical (unpaired) electrons. The van der Waals surface area contributed by atoms with E-state index >= 15 is 0 Å². The summed E-state index contributed by atoms with van der Waals surface area (Å²) in [5.74, 6) is 0.0885. The van der Waals surface area contributed by atoms with Crippen molar-refractivity contribution >= 4 is 17.2 Å². The Morgan fingerprint density at radius 1 is 1.53 bits per heavy atom. The molecule has 0 saturated heterocycles. The number of aliphatic hydroxyl groups is 1. The Labute approximate surface area is 106 Å². The molecule has 0 unspecified atom stereocenters. The smallest absolute Gasteiger partial charge is 0.255 e. The third-order valence-corrected chi connectivity index (χ3v) is 4.35. The third-order valence-electron chi connectivity index (χ3n) is 3.39. The number of hydrogen-bond acceptors (Lipinski definition) is 3. The SMILES string of the molecule is Cc1cc(C(=O)N(CCO)C2CCC2)c(C)s1. The van der Waals surface area contributed by atoms with Crippen molar-refractivity contribution < 1.29 is 9.90 Å². The second-order valence-corrected chi connectivity index (χ2v) is 6.09. The molecule has 1 aromatic rings. The summed E-state index contributed by atoms with van der Waals surface area (Å²) >= 11 is 1.66. The maximum Gasteiger partial charge on any atom is 0.255 e. The zero-order valence-corrected chi connectivity index (χ0v) is 11.2. The molecular weight excluding hydrogens is 234 g/mol. The summed E-state index contributed by atoms with van der Waals surface area (Å²) in [6, 6.07) is 2.31. The maximum atomic E-state index is 12.4. The molecule has 0 aliphatic heterocycles. The topological polar surface area (TPSA) is 40.5 Å². The van der Waals surface area contributed by atoms with E-state index in [2.05, 4.69) is 0 Å². The fourth-order valence-electron chi connectivity index (χ4n) is 2.25. The van der Waals surface area contributed by atoms with E-state index < -0.39 is 0 Å². The Balaban J connectivity index is 2.17. The summed E-state index contributed by atoms with van der Waals surface area (Å²) in [6.07, 6.45) is 3.35. The molecule has 1 aliphatic carbocycles. The predicted octanol–water partition coefficient (Wildman–Crippen LogP) is 2.35. The van der Waals surface area contributed by atoms with E-state index in [-0.39, 0.29) is 12.5 Å². The van der Waals surface area contributed by atoms with Gasteiger partial charge in [0.1, 0.15) is 0 Å². The van der Waals surface area contributed by atoms with Crippen molar-refractivity contribution in [1.82, 2.24) is 4.90 Å². The van der Waals surface area contributed by atoms with Crippen LogP contribution in [-0.4, -0.2) is 35.1 Å². The van der Waals surface area contributed by atoms with Crippen LogP contribution in [0.2, 0.25) is 0 Å². The lowest BCUT2D eigenvalue weighted by atomic mass is 9.91. The molecule has 3 nitrogen and oxygen atoms in total. The summed E-state index contributed by atoms with van der Waals surface area (Å²) in [6.45, 7) is 4.51. The zero-order valence-electron chi connectivity index (χ0n) is 10.4. The Kier molecular flexibility index (Phi) is 3.84. The van der Waals surface area contributed by atoms with Gasteiger partial charge in [0.15, 0.2) is 0 Å². The molecular formula is C13H19NO2S. The fraction of sp³-hybridized carbons (Fsp3) is 0.615. The summed E-state index contributed by atoms with van der Waals surface area (Å²) < 4.78 is 0. The van der Waals surface area contributed by atoms with Crippen LogP contribution in [0.3, 0.4) is 0 Å². The number of aryl methyl sites for hydroxylation is 2. The first-order chi connectivity index (χ1) is 8.13. The Morgan fingerprint density at radius 2 is 2.24 bits per heavy atom. The van der Waals surface area contributed by atoms with E-state index in [4.69, 9.17) is 5.11 Å². The molecule has 0 spiro atoms. The first-order valence-electron chi connectivity index (χ1n) is 6.12. The van der Waals surface area contributed by atoms with Gasteiger partial charge in [-0.2, -0.15) is 0 Å². The fourth-order valence-corrected chi connectivity index (χ4v) is 3.17. The molecule has 2 rings (SSSR count). The van der Waals surface area contributed by atoms with Crippen molar-refractivity contribution in [3.8, 4) is 0 Å². The Bertz CT molecular complexity index is 410. The van der Waals surface area contributed by atoms with Crippen LogP contribution in [0.1, 0.15) is 39.4 Å². The third kappa shape index (κ3) is 2.53. The molecule has 94 valence electrons. The van der Waals surface area contributed by atoms with Gasteiger partial charge in [0, 0.05) is 22.3 Å². The maximum absolute atomic E-state index is 12.4. The average Bonchev–Trinajstić information content (AvgIpc) is 2.53. The highest BCUT2D eigenvalue weighted by Crippen LogP contribution is 2.28. The van der Waals surface area contributed by atoms with E-state index in [1.165, 1.54) is 11.3 Å². The molecule has 1 aromatic heterocycles. The highest BCUT2D eigenvalue weighted by atomic mass is 32.1. The number of nitrogens with zero attached hydrogens (tertiary/aromatic N) is 1. The van der Waals surface area contributed by atoms with Crippen LogP contribution in [0, 0.1) is 13.8 Å². The van der Waals surface area contributed by atoms with Crippen LogP contribution < -0.4 is 0 Å². The molecule has 1 N–H and O–H groups in total. The second-order valence-electron chi connectivity index (χ2n) is 4.63. The number of thiophene rings is 1. The number of hydrogen-bond donors (Lipinski definition) is 1. The van der Waals surface area contributed by atoms with Gasteiger partial charge in [-0.15, -0.1) is 11.3 Å². The molecule has 0 bridgehead atoms. The number of aliphatic hydroxyl groups excluding tert-OH is 1. The number of rotatable bonds is 4. The first-order valence-corrected chi connectivity index (χ1v) is 6.94. The molecule has 1 fully saturated rings. The molecule has 0 aromatic carbocycles. The second kappa shape index (κ2) is 5.19. The normalized spacial score (nSPS) is 15.7. The molecule has 1 amide bonds. The monoisotopic (exact) mass is 253 g/mol. The summed E-state index contributed by atoms with van der Waals surface area (Å²) in [5.41, 5.74) is 0.813. The molecule has 1 saturated carbocycles. The van der Waals surface area contributed by atoms with Crippen LogP contribution in [0.15, 0.2) is 6.07 Å². The van der Waals surface area contributed by atoms with Crippen molar-refractivity contribution in [1.29, 1.82) is 0 Å². The summed E-state index contributed by atoms with van der Waals surface area (Å²) in [5, 5.41) is 9.08. The zero-order chi connectivity index (χ0) is 12.4. The van der Waals surface area contributed by atoms with Gasteiger partial charge in [0.2, 0.25) is 0 Å². The highest BCUT2D eigenvalue weighted by Gasteiger charge is 2.30. The minimum absolute atomic E-state index is 0.0460. The number of amides is 1. The lowest BCUT2D eigenvalue weighted by Crippen LogP contribution is -2.45. The van der Waals surface area contributed by atoms with Crippen molar-refractivity contribution in [2.75, 3.05) is 13.2 Å². The van der Waals surface area contributed by atoms with Crippen LogP contribution in [0.4, 0.5) is 0 Å². The van der Waals surface area contributed by atoms with Gasteiger partial charge in [-0.05, 0) is 39.2 Å². The predicted molar refractivity (Wildman–Crippen MR) is 69.6 cm³/mol. The van der Waals surface area contributed by atoms with Crippen LogP contribution in [0.5, 0.6) is 0 Å². The van der Waals surface area contributed by atoms with E-state index in [1.807, 2.05) is 24.8 Å². The quantitative estimate of drug-likeness (QED) is 0.895.